The third-order valence-corrected chi connectivity index (χ3v) is 10.2. The Morgan fingerprint density at radius 1 is 0.833 bits per heavy atom. The van der Waals surface area contributed by atoms with Gasteiger partial charge >= 0.3 is 6.03 Å². The van der Waals surface area contributed by atoms with Crippen LogP contribution in [-0.2, 0) is 28.6 Å². The minimum Gasteiger partial charge on any atom is -0.379 e. The summed E-state index contributed by atoms with van der Waals surface area (Å²) in [6.07, 6.45) is 9.10. The highest BCUT2D eigenvalue weighted by Crippen LogP contribution is 2.33. The molecular formula is C27H45N5O7S3. The summed E-state index contributed by atoms with van der Waals surface area (Å²) >= 11 is 1.89. The Labute approximate surface area is 261 Å². The van der Waals surface area contributed by atoms with Crippen LogP contribution in [0.3, 0.4) is 0 Å². The van der Waals surface area contributed by atoms with Gasteiger partial charge in [-0.05, 0) is 12.8 Å². The maximum atomic E-state index is 12.0. The summed E-state index contributed by atoms with van der Waals surface area (Å²) in [5.74, 6) is 4.68. The zero-order chi connectivity index (χ0) is 30.3. The number of terminal acetylenes is 1. The van der Waals surface area contributed by atoms with Crippen LogP contribution >= 0.6 is 33.3 Å². The van der Waals surface area contributed by atoms with E-state index in [2.05, 4.69) is 32.5 Å². The molecule has 0 radical (unpaired) electrons. The molecule has 3 atom stereocenters. The van der Waals surface area contributed by atoms with Crippen molar-refractivity contribution in [3.63, 3.8) is 0 Å². The predicted octanol–water partition coefficient (Wildman–Crippen LogP) is 0.905. The maximum Gasteiger partial charge on any atom is 0.315 e. The summed E-state index contributed by atoms with van der Waals surface area (Å²) in [5.41, 5.74) is 0. The second kappa shape index (κ2) is 23.6. The Kier molecular flexibility index (Phi) is 20.4. The molecule has 0 unspecified atom stereocenters. The zero-order valence-electron chi connectivity index (χ0n) is 24.1. The molecule has 2 aliphatic heterocycles. The molecule has 0 spiro atoms. The van der Waals surface area contributed by atoms with Crippen LogP contribution in [0.1, 0.15) is 38.5 Å². The number of carbonyl (C=O) groups excluding carboxylic acids is 4. The van der Waals surface area contributed by atoms with E-state index in [1.165, 1.54) is 0 Å². The van der Waals surface area contributed by atoms with Crippen LogP contribution in [0.15, 0.2) is 0 Å². The number of ether oxygens (including phenoxy) is 3. The fourth-order valence-corrected chi connectivity index (χ4v) is 7.58. The van der Waals surface area contributed by atoms with E-state index >= 15 is 0 Å². The standard InChI is InChI=1S/C27H45N5O7S3/c1-2-9-28-25(35)8-18-41-42-19-11-30-24(34)7-12-37-14-16-39-17-15-38-13-10-29-23(33)6-4-3-5-22-26-21(20-40-22)31-27(36)32-26/h1,21-22,26H,3-20H2,(H,28,35)(H,29,33)(H,30,34)(H2,31,32,36)/t21-,22-,26-/m0/s1. The van der Waals surface area contributed by atoms with Crippen molar-refractivity contribution in [3.05, 3.63) is 0 Å². The Balaban J connectivity index is 1.25. The first-order valence-corrected chi connectivity index (χ1v) is 17.9. The minimum absolute atomic E-state index is 0.0293. The van der Waals surface area contributed by atoms with Crippen LogP contribution in [0.25, 0.3) is 0 Å². The van der Waals surface area contributed by atoms with Crippen LogP contribution in [0, 0.1) is 12.3 Å². The first-order valence-electron chi connectivity index (χ1n) is 14.4. The highest BCUT2D eigenvalue weighted by Gasteiger charge is 2.42. The second-order valence-corrected chi connectivity index (χ2v) is 13.5. The van der Waals surface area contributed by atoms with Crippen molar-refractivity contribution < 1.29 is 33.4 Å². The van der Waals surface area contributed by atoms with Gasteiger partial charge in [-0.1, -0.05) is 33.9 Å². The molecule has 0 aromatic heterocycles. The van der Waals surface area contributed by atoms with E-state index in [0.29, 0.717) is 83.0 Å². The third-order valence-electron chi connectivity index (χ3n) is 6.26. The average Bonchev–Trinajstić information content (AvgIpc) is 3.53. The molecule has 15 heteroatoms. The van der Waals surface area contributed by atoms with Crippen molar-refractivity contribution in [2.45, 2.75) is 55.9 Å². The first kappa shape index (κ1) is 36.4. The van der Waals surface area contributed by atoms with Gasteiger partial charge in [0.1, 0.15) is 0 Å². The van der Waals surface area contributed by atoms with E-state index in [0.717, 1.165) is 30.8 Å². The number of thioether (sulfide) groups is 1. The van der Waals surface area contributed by atoms with Crippen LogP contribution in [0.2, 0.25) is 0 Å². The maximum absolute atomic E-state index is 12.0. The monoisotopic (exact) mass is 647 g/mol. The van der Waals surface area contributed by atoms with Crippen LogP contribution in [0.4, 0.5) is 4.79 Å². The fourth-order valence-electron chi connectivity index (χ4n) is 4.14. The molecule has 0 aliphatic carbocycles. The average molecular weight is 648 g/mol. The van der Waals surface area contributed by atoms with E-state index < -0.39 is 0 Å². The van der Waals surface area contributed by atoms with E-state index in [1.807, 2.05) is 11.8 Å². The highest BCUT2D eigenvalue weighted by molar-refractivity contribution is 8.76. The van der Waals surface area contributed by atoms with Crippen molar-refractivity contribution in [1.82, 2.24) is 26.6 Å². The molecule has 2 aliphatic rings. The van der Waals surface area contributed by atoms with E-state index in [9.17, 15) is 19.2 Å². The molecule has 2 heterocycles. The minimum atomic E-state index is -0.0663. The van der Waals surface area contributed by atoms with Gasteiger partial charge in [-0.25, -0.2) is 4.79 Å². The number of hydrogen-bond acceptors (Lipinski definition) is 10. The molecule has 42 heavy (non-hydrogen) atoms. The summed E-state index contributed by atoms with van der Waals surface area (Å²) in [6.45, 7) is 3.72. The lowest BCUT2D eigenvalue weighted by atomic mass is 10.0. The van der Waals surface area contributed by atoms with Gasteiger partial charge in [-0.3, -0.25) is 14.4 Å². The highest BCUT2D eigenvalue weighted by atomic mass is 33.1. The van der Waals surface area contributed by atoms with Crippen molar-refractivity contribution in [3.8, 4) is 12.3 Å². The van der Waals surface area contributed by atoms with Gasteiger partial charge < -0.3 is 40.8 Å². The number of hydrogen-bond donors (Lipinski definition) is 5. The molecular weight excluding hydrogens is 603 g/mol. The normalized spacial score (nSPS) is 18.9. The molecule has 0 saturated carbocycles. The van der Waals surface area contributed by atoms with E-state index in [-0.39, 0.29) is 42.4 Å². The molecule has 5 amide bonds. The van der Waals surface area contributed by atoms with Crippen molar-refractivity contribution in [1.29, 1.82) is 0 Å². The summed E-state index contributed by atoms with van der Waals surface area (Å²) in [7, 11) is 3.20. The number of unbranched alkanes of at least 4 members (excludes halogenated alkanes) is 1. The quantitative estimate of drug-likeness (QED) is 0.0418. The summed E-state index contributed by atoms with van der Waals surface area (Å²) in [5, 5.41) is 14.7. The lowest BCUT2D eigenvalue weighted by Crippen LogP contribution is -2.36. The van der Waals surface area contributed by atoms with Crippen LogP contribution in [-0.4, -0.2) is 118 Å². The lowest BCUT2D eigenvalue weighted by molar-refractivity contribution is -0.122. The number of nitrogens with one attached hydrogen (secondary N) is 5. The van der Waals surface area contributed by atoms with E-state index in [1.54, 1.807) is 21.6 Å². The lowest BCUT2D eigenvalue weighted by Gasteiger charge is -2.16. The van der Waals surface area contributed by atoms with Gasteiger partial charge in [0, 0.05) is 54.9 Å². The number of fused-ring (bicyclic) bond motifs is 1. The zero-order valence-corrected chi connectivity index (χ0v) is 26.6. The van der Waals surface area contributed by atoms with Crippen molar-refractivity contribution in [2.24, 2.45) is 0 Å². The van der Waals surface area contributed by atoms with Gasteiger partial charge in [0.25, 0.3) is 0 Å². The Morgan fingerprint density at radius 3 is 2.29 bits per heavy atom. The number of amides is 5. The summed E-state index contributed by atoms with van der Waals surface area (Å²) in [4.78, 5) is 46.6. The Bertz CT molecular complexity index is 864. The smallest absolute Gasteiger partial charge is 0.315 e. The Morgan fingerprint density at radius 2 is 1.50 bits per heavy atom. The van der Waals surface area contributed by atoms with Gasteiger partial charge in [-0.15, -0.1) is 6.42 Å². The molecule has 2 fully saturated rings. The molecule has 0 aromatic rings. The number of carbonyl (C=O) groups is 4. The van der Waals surface area contributed by atoms with Crippen molar-refractivity contribution >= 4 is 57.1 Å². The molecule has 5 N–H and O–H groups in total. The number of urea groups is 1. The SMILES string of the molecule is C#CCNC(=O)CCSSCCNC(=O)CCOCCOCCOCCNC(=O)CCCC[C@@H]1SC[C@@H]2NC(=O)N[C@@H]21. The molecule has 0 aromatic carbocycles. The predicted molar refractivity (Wildman–Crippen MR) is 168 cm³/mol. The van der Waals surface area contributed by atoms with Gasteiger partial charge in [-0.2, -0.15) is 11.8 Å². The molecule has 238 valence electrons. The molecule has 2 rings (SSSR count). The Hall–Kier alpha value is -1.83. The van der Waals surface area contributed by atoms with Crippen LogP contribution < -0.4 is 26.6 Å². The van der Waals surface area contributed by atoms with Crippen molar-refractivity contribution in [2.75, 3.05) is 76.5 Å². The topological polar surface area (TPSA) is 156 Å². The van der Waals surface area contributed by atoms with Crippen LogP contribution in [0.5, 0.6) is 0 Å². The molecule has 0 bridgehead atoms. The van der Waals surface area contributed by atoms with Gasteiger partial charge in [0.2, 0.25) is 17.7 Å². The number of rotatable bonds is 25. The molecule has 2 saturated heterocycles. The van der Waals surface area contributed by atoms with Gasteiger partial charge in [0.15, 0.2) is 0 Å². The first-order chi connectivity index (χ1) is 20.5. The summed E-state index contributed by atoms with van der Waals surface area (Å²) in [6, 6.07) is 0.392. The summed E-state index contributed by atoms with van der Waals surface area (Å²) < 4.78 is 16.3. The third kappa shape index (κ3) is 17.3. The van der Waals surface area contributed by atoms with Gasteiger partial charge in [0.05, 0.1) is 58.3 Å². The fraction of sp³-hybridized carbons (Fsp3) is 0.778. The molecule has 12 nitrogen and oxygen atoms in total. The second-order valence-electron chi connectivity index (χ2n) is 9.53. The largest absolute Gasteiger partial charge is 0.379 e. The van der Waals surface area contributed by atoms with E-state index in [4.69, 9.17) is 20.6 Å².